The summed E-state index contributed by atoms with van der Waals surface area (Å²) >= 11 is 0. The lowest BCUT2D eigenvalue weighted by Crippen LogP contribution is -2.28. The van der Waals surface area contributed by atoms with Gasteiger partial charge in [-0.05, 0) is 38.1 Å². The van der Waals surface area contributed by atoms with Crippen LogP contribution in [0.1, 0.15) is 12.8 Å². The Morgan fingerprint density at radius 1 is 1.05 bits per heavy atom. The summed E-state index contributed by atoms with van der Waals surface area (Å²) in [6, 6.07) is 5.42. The molecule has 1 N–H and O–H groups in total. The number of hydrogen-bond donors (Lipinski definition) is 1. The van der Waals surface area contributed by atoms with Crippen LogP contribution in [0.2, 0.25) is 0 Å². The molecule has 0 unspecified atom stereocenters. The maximum atomic E-state index is 12.3. The maximum Gasteiger partial charge on any atom is 0.243 e. The van der Waals surface area contributed by atoms with Gasteiger partial charge in [-0.1, -0.05) is 6.07 Å². The van der Waals surface area contributed by atoms with Crippen molar-refractivity contribution in [3.8, 4) is 0 Å². The minimum absolute atomic E-state index is 0.0192. The van der Waals surface area contributed by atoms with Gasteiger partial charge >= 0.3 is 0 Å². The molecule has 2 rings (SSSR count). The zero-order valence-corrected chi connectivity index (χ0v) is 12.2. The van der Waals surface area contributed by atoms with Crippen LogP contribution in [0.5, 0.6) is 0 Å². The molecule has 0 saturated carbocycles. The fraction of sp³-hybridized carbons (Fsp3) is 0.455. The minimum atomic E-state index is -3.64. The molecular formula is C11H16N2O4S2. The van der Waals surface area contributed by atoms with Gasteiger partial charge in [-0.15, -0.1) is 0 Å². The largest absolute Gasteiger partial charge is 0.243 e. The Hall–Kier alpha value is -0.960. The lowest BCUT2D eigenvalue weighted by Gasteiger charge is -2.15. The highest BCUT2D eigenvalue weighted by atomic mass is 32.2. The molecule has 0 bridgehead atoms. The van der Waals surface area contributed by atoms with Crippen molar-refractivity contribution < 1.29 is 16.8 Å². The summed E-state index contributed by atoms with van der Waals surface area (Å²) in [4.78, 5) is -0.0269. The SMILES string of the molecule is CNS(=O)(=O)c1cccc(S(=O)(=O)N2CCCC2)c1. The second-order valence-corrected chi connectivity index (χ2v) is 8.12. The molecule has 0 radical (unpaired) electrons. The van der Waals surface area contributed by atoms with E-state index >= 15 is 0 Å². The Morgan fingerprint density at radius 3 is 2.21 bits per heavy atom. The molecule has 1 fully saturated rings. The number of sulfonamides is 2. The van der Waals surface area contributed by atoms with Gasteiger partial charge in [-0.2, -0.15) is 4.31 Å². The van der Waals surface area contributed by atoms with E-state index in [0.29, 0.717) is 13.1 Å². The van der Waals surface area contributed by atoms with E-state index in [4.69, 9.17) is 0 Å². The van der Waals surface area contributed by atoms with Gasteiger partial charge < -0.3 is 0 Å². The Kier molecular flexibility index (Phi) is 3.95. The number of hydrogen-bond acceptors (Lipinski definition) is 4. The van der Waals surface area contributed by atoms with Crippen LogP contribution >= 0.6 is 0 Å². The van der Waals surface area contributed by atoms with Crippen LogP contribution in [-0.4, -0.2) is 41.3 Å². The molecule has 106 valence electrons. The van der Waals surface area contributed by atoms with Crippen molar-refractivity contribution in [2.75, 3.05) is 20.1 Å². The maximum absolute atomic E-state index is 12.3. The van der Waals surface area contributed by atoms with E-state index in [9.17, 15) is 16.8 Å². The van der Waals surface area contributed by atoms with E-state index in [2.05, 4.69) is 4.72 Å². The summed E-state index contributed by atoms with van der Waals surface area (Å²) in [6.07, 6.45) is 1.68. The second kappa shape index (κ2) is 5.20. The van der Waals surface area contributed by atoms with Gasteiger partial charge in [-0.25, -0.2) is 21.6 Å². The average Bonchev–Trinajstić information content (AvgIpc) is 2.93. The average molecular weight is 304 g/mol. The summed E-state index contributed by atoms with van der Waals surface area (Å²) in [6.45, 7) is 0.983. The normalized spacial score (nSPS) is 17.7. The molecule has 0 amide bonds. The number of rotatable bonds is 4. The van der Waals surface area contributed by atoms with Crippen LogP contribution in [-0.2, 0) is 20.0 Å². The summed E-state index contributed by atoms with van der Waals surface area (Å²) in [5, 5.41) is 0. The van der Waals surface area contributed by atoms with Crippen molar-refractivity contribution in [3.63, 3.8) is 0 Å². The van der Waals surface area contributed by atoms with E-state index in [1.165, 1.54) is 35.6 Å². The fourth-order valence-corrected chi connectivity index (χ4v) is 4.41. The Bertz CT molecular complexity index is 662. The van der Waals surface area contributed by atoms with Crippen molar-refractivity contribution >= 4 is 20.0 Å². The van der Waals surface area contributed by atoms with E-state index in [1.807, 2.05) is 0 Å². The quantitative estimate of drug-likeness (QED) is 0.871. The van der Waals surface area contributed by atoms with Crippen LogP contribution < -0.4 is 4.72 Å². The van der Waals surface area contributed by atoms with E-state index in [1.54, 1.807) is 0 Å². The third-order valence-electron chi connectivity index (χ3n) is 3.09. The Labute approximate surface area is 113 Å². The monoisotopic (exact) mass is 304 g/mol. The van der Waals surface area contributed by atoms with Crippen molar-refractivity contribution in [1.29, 1.82) is 0 Å². The van der Waals surface area contributed by atoms with E-state index in [0.717, 1.165) is 12.8 Å². The third-order valence-corrected chi connectivity index (χ3v) is 6.39. The lowest BCUT2D eigenvalue weighted by atomic mass is 10.4. The van der Waals surface area contributed by atoms with Crippen molar-refractivity contribution in [2.45, 2.75) is 22.6 Å². The molecule has 1 aromatic carbocycles. The summed E-state index contributed by atoms with van der Waals surface area (Å²) < 4.78 is 51.5. The highest BCUT2D eigenvalue weighted by Gasteiger charge is 2.28. The molecular weight excluding hydrogens is 288 g/mol. The molecule has 0 aromatic heterocycles. The standard InChI is InChI=1S/C11H16N2O4S2/c1-12-18(14,15)10-5-4-6-11(9-10)19(16,17)13-7-2-3-8-13/h4-6,9,12H,2-3,7-8H2,1H3. The molecule has 0 aliphatic carbocycles. The highest BCUT2D eigenvalue weighted by Crippen LogP contribution is 2.22. The first-order valence-corrected chi connectivity index (χ1v) is 8.84. The predicted octanol–water partition coefficient (Wildman–Crippen LogP) is 0.379. The zero-order valence-electron chi connectivity index (χ0n) is 10.5. The zero-order chi connectivity index (χ0) is 14.1. The van der Waals surface area contributed by atoms with Gasteiger partial charge in [0, 0.05) is 13.1 Å². The summed E-state index contributed by atoms with van der Waals surface area (Å²) in [5.41, 5.74) is 0. The topological polar surface area (TPSA) is 83.5 Å². The van der Waals surface area contributed by atoms with Crippen LogP contribution in [0.25, 0.3) is 0 Å². The minimum Gasteiger partial charge on any atom is -0.214 e. The van der Waals surface area contributed by atoms with E-state index < -0.39 is 20.0 Å². The summed E-state index contributed by atoms with van der Waals surface area (Å²) in [7, 11) is -5.94. The number of nitrogens with one attached hydrogen (secondary N) is 1. The molecule has 1 aliphatic rings. The van der Waals surface area contributed by atoms with Crippen molar-refractivity contribution in [1.82, 2.24) is 9.03 Å². The van der Waals surface area contributed by atoms with Gasteiger partial charge in [0.15, 0.2) is 0 Å². The first-order chi connectivity index (χ1) is 8.88. The molecule has 1 saturated heterocycles. The van der Waals surface area contributed by atoms with Gasteiger partial charge in [0.25, 0.3) is 0 Å². The smallest absolute Gasteiger partial charge is 0.214 e. The first kappa shape index (κ1) is 14.4. The fourth-order valence-electron chi connectivity index (χ4n) is 2.00. The highest BCUT2D eigenvalue weighted by molar-refractivity contribution is 7.90. The van der Waals surface area contributed by atoms with Crippen LogP contribution in [0.15, 0.2) is 34.1 Å². The lowest BCUT2D eigenvalue weighted by molar-refractivity contribution is 0.477. The second-order valence-electron chi connectivity index (χ2n) is 4.29. The van der Waals surface area contributed by atoms with Gasteiger partial charge in [-0.3, -0.25) is 0 Å². The number of benzene rings is 1. The van der Waals surface area contributed by atoms with Gasteiger partial charge in [0.05, 0.1) is 9.79 Å². The third kappa shape index (κ3) is 2.81. The van der Waals surface area contributed by atoms with Crippen LogP contribution in [0.3, 0.4) is 0 Å². The Balaban J connectivity index is 2.44. The Morgan fingerprint density at radius 2 is 1.63 bits per heavy atom. The molecule has 6 nitrogen and oxygen atoms in total. The van der Waals surface area contributed by atoms with Gasteiger partial charge in [0.1, 0.15) is 0 Å². The van der Waals surface area contributed by atoms with E-state index in [-0.39, 0.29) is 9.79 Å². The van der Waals surface area contributed by atoms with Gasteiger partial charge in [0.2, 0.25) is 20.0 Å². The van der Waals surface area contributed by atoms with Crippen LogP contribution in [0, 0.1) is 0 Å². The molecule has 1 aliphatic heterocycles. The molecule has 0 spiro atoms. The molecule has 0 atom stereocenters. The first-order valence-electron chi connectivity index (χ1n) is 5.92. The molecule has 8 heteroatoms. The van der Waals surface area contributed by atoms with Crippen LogP contribution in [0.4, 0.5) is 0 Å². The predicted molar refractivity (Wildman–Crippen MR) is 70.7 cm³/mol. The molecule has 1 heterocycles. The van der Waals surface area contributed by atoms with Crippen molar-refractivity contribution in [3.05, 3.63) is 24.3 Å². The van der Waals surface area contributed by atoms with Crippen molar-refractivity contribution in [2.24, 2.45) is 0 Å². The summed E-state index contributed by atoms with van der Waals surface area (Å²) in [5.74, 6) is 0. The molecule has 1 aromatic rings. The number of nitrogens with zero attached hydrogens (tertiary/aromatic N) is 1. The molecule has 19 heavy (non-hydrogen) atoms.